The van der Waals surface area contributed by atoms with Crippen LogP contribution in [0.3, 0.4) is 0 Å². The Balaban J connectivity index is 2.25. The molecule has 1 aliphatic heterocycles. The van der Waals surface area contributed by atoms with Crippen LogP contribution in [0.15, 0.2) is 61.2 Å². The predicted octanol–water partition coefficient (Wildman–Crippen LogP) is 2.70. The van der Waals surface area contributed by atoms with Crippen LogP contribution in [0.5, 0.6) is 0 Å². The van der Waals surface area contributed by atoms with E-state index < -0.39 is 0 Å². The van der Waals surface area contributed by atoms with Gasteiger partial charge >= 0.3 is 0 Å². The molecule has 2 aromatic carbocycles. The van der Waals surface area contributed by atoms with E-state index >= 15 is 0 Å². The zero-order valence-corrected chi connectivity index (χ0v) is 9.11. The maximum absolute atomic E-state index is 3.85. The van der Waals surface area contributed by atoms with Crippen molar-refractivity contribution in [2.24, 2.45) is 0 Å². The minimum Gasteiger partial charge on any atom is -0.266 e. The van der Waals surface area contributed by atoms with E-state index in [1.165, 1.54) is 27.4 Å². The normalized spacial score (nSPS) is 13.2. The Labute approximate surface area is 95.6 Å². The van der Waals surface area contributed by atoms with Gasteiger partial charge in [-0.25, -0.2) is 0 Å². The molecule has 0 aliphatic carbocycles. The standard InChI is InChI=1S/C15H13N/c1-2-11-16-14-9-5-3-7-12(14)13-8-4-6-10-15(13)16/h2-10H,1,11H2/p+1. The van der Waals surface area contributed by atoms with Gasteiger partial charge in [-0.15, -0.1) is 0 Å². The Bertz CT molecular complexity index is 497. The molecular weight excluding hydrogens is 194 g/mol. The van der Waals surface area contributed by atoms with Gasteiger partial charge in [0.25, 0.3) is 0 Å². The second kappa shape index (κ2) is 3.62. The number of benzene rings is 2. The van der Waals surface area contributed by atoms with Gasteiger partial charge in [0.1, 0.15) is 17.9 Å². The number of hydrogen-bond acceptors (Lipinski definition) is 0. The van der Waals surface area contributed by atoms with Crippen LogP contribution >= 0.6 is 0 Å². The van der Waals surface area contributed by atoms with Crippen LogP contribution in [0.1, 0.15) is 0 Å². The van der Waals surface area contributed by atoms with Crippen LogP contribution < -0.4 is 4.90 Å². The minimum absolute atomic E-state index is 0.939. The number of quaternary nitrogens is 1. The van der Waals surface area contributed by atoms with Gasteiger partial charge in [0.05, 0.1) is 0 Å². The van der Waals surface area contributed by atoms with Gasteiger partial charge in [0.2, 0.25) is 0 Å². The predicted molar refractivity (Wildman–Crippen MR) is 67.2 cm³/mol. The molecule has 0 unspecified atom stereocenters. The van der Waals surface area contributed by atoms with E-state index in [9.17, 15) is 0 Å². The van der Waals surface area contributed by atoms with Crippen molar-refractivity contribution < 1.29 is 4.90 Å². The molecule has 1 heterocycles. The first-order valence-electron chi connectivity index (χ1n) is 5.57. The molecule has 0 radical (unpaired) electrons. The molecule has 0 spiro atoms. The van der Waals surface area contributed by atoms with E-state index in [1.807, 2.05) is 6.08 Å². The molecule has 1 aliphatic rings. The third kappa shape index (κ3) is 1.22. The number of nitrogens with one attached hydrogen (secondary N) is 1. The van der Waals surface area contributed by atoms with Crippen LogP contribution in [0.2, 0.25) is 0 Å². The van der Waals surface area contributed by atoms with E-state index in [2.05, 4.69) is 55.1 Å². The van der Waals surface area contributed by atoms with Gasteiger partial charge in [0.15, 0.2) is 0 Å². The van der Waals surface area contributed by atoms with Crippen molar-refractivity contribution in [2.45, 2.75) is 0 Å². The highest BCUT2D eigenvalue weighted by atomic mass is 15.2. The molecule has 2 aromatic rings. The Hall–Kier alpha value is -1.86. The molecule has 16 heavy (non-hydrogen) atoms. The van der Waals surface area contributed by atoms with Gasteiger partial charge in [-0.05, 0) is 18.2 Å². The van der Waals surface area contributed by atoms with E-state index in [4.69, 9.17) is 0 Å². The number of hydrogen-bond donors (Lipinski definition) is 1. The van der Waals surface area contributed by atoms with Crippen molar-refractivity contribution in [1.82, 2.24) is 0 Å². The largest absolute Gasteiger partial charge is 0.266 e. The summed E-state index contributed by atoms with van der Waals surface area (Å²) in [6.45, 7) is 4.79. The summed E-state index contributed by atoms with van der Waals surface area (Å²) in [4.78, 5) is 1.40. The van der Waals surface area contributed by atoms with Gasteiger partial charge in [-0.2, -0.15) is 0 Å². The molecule has 0 saturated carbocycles. The van der Waals surface area contributed by atoms with Gasteiger partial charge < -0.3 is 0 Å². The van der Waals surface area contributed by atoms with Crippen molar-refractivity contribution >= 4 is 11.4 Å². The molecule has 1 heteroatoms. The summed E-state index contributed by atoms with van der Waals surface area (Å²) < 4.78 is 0. The molecule has 78 valence electrons. The van der Waals surface area contributed by atoms with Crippen LogP contribution in [0.4, 0.5) is 11.4 Å². The first kappa shape index (κ1) is 9.37. The van der Waals surface area contributed by atoms with Gasteiger partial charge in [0, 0.05) is 23.3 Å². The van der Waals surface area contributed by atoms with Crippen molar-refractivity contribution in [3.05, 3.63) is 61.2 Å². The molecule has 0 saturated heterocycles. The van der Waals surface area contributed by atoms with Crippen LogP contribution in [0.25, 0.3) is 11.1 Å². The van der Waals surface area contributed by atoms with Gasteiger partial charge in [-0.3, -0.25) is 4.90 Å². The van der Waals surface area contributed by atoms with Crippen molar-refractivity contribution in [3.63, 3.8) is 0 Å². The topological polar surface area (TPSA) is 4.44 Å². The van der Waals surface area contributed by atoms with E-state index in [1.54, 1.807) is 0 Å². The second-order valence-corrected chi connectivity index (χ2v) is 4.06. The fourth-order valence-corrected chi connectivity index (χ4v) is 2.47. The summed E-state index contributed by atoms with van der Waals surface area (Å²) >= 11 is 0. The Kier molecular flexibility index (Phi) is 2.12. The van der Waals surface area contributed by atoms with Gasteiger partial charge in [-0.1, -0.05) is 30.8 Å². The fraction of sp³-hybridized carbons (Fsp3) is 0.0667. The van der Waals surface area contributed by atoms with Crippen molar-refractivity contribution in [2.75, 3.05) is 6.54 Å². The molecule has 0 bridgehead atoms. The van der Waals surface area contributed by atoms with Crippen LogP contribution in [0, 0.1) is 0 Å². The number of rotatable bonds is 2. The zero-order chi connectivity index (χ0) is 11.0. The lowest BCUT2D eigenvalue weighted by molar-refractivity contribution is -0.748. The summed E-state index contributed by atoms with van der Waals surface area (Å²) in [5.74, 6) is 0. The number of fused-ring (bicyclic) bond motifs is 3. The summed E-state index contributed by atoms with van der Waals surface area (Å²) in [5, 5.41) is 0. The average Bonchev–Trinajstić information content (AvgIpc) is 2.66. The highest BCUT2D eigenvalue weighted by Crippen LogP contribution is 2.36. The summed E-state index contributed by atoms with van der Waals surface area (Å²) in [6.07, 6.45) is 1.98. The van der Waals surface area contributed by atoms with Crippen LogP contribution in [-0.4, -0.2) is 6.54 Å². The Morgan fingerprint density at radius 2 is 1.38 bits per heavy atom. The smallest absolute Gasteiger partial charge is 0.144 e. The maximum Gasteiger partial charge on any atom is 0.144 e. The number of para-hydroxylation sites is 2. The molecule has 1 nitrogen and oxygen atoms in total. The van der Waals surface area contributed by atoms with E-state index in [-0.39, 0.29) is 0 Å². The third-order valence-electron chi connectivity index (χ3n) is 3.14. The summed E-state index contributed by atoms with van der Waals surface area (Å²) in [6, 6.07) is 17.2. The molecular formula is C15H14N+. The molecule has 1 N–H and O–H groups in total. The first-order valence-corrected chi connectivity index (χ1v) is 5.57. The Morgan fingerprint density at radius 1 is 0.875 bits per heavy atom. The second-order valence-electron chi connectivity index (χ2n) is 4.06. The molecule has 0 amide bonds. The lowest BCUT2D eigenvalue weighted by Crippen LogP contribution is -3.00. The van der Waals surface area contributed by atoms with Crippen LogP contribution in [-0.2, 0) is 0 Å². The highest BCUT2D eigenvalue weighted by molar-refractivity contribution is 5.84. The molecule has 0 aromatic heterocycles. The lowest BCUT2D eigenvalue weighted by Gasteiger charge is -2.11. The first-order chi connectivity index (χ1) is 7.92. The van der Waals surface area contributed by atoms with Crippen molar-refractivity contribution in [3.8, 4) is 11.1 Å². The summed E-state index contributed by atoms with van der Waals surface area (Å²) in [5.41, 5.74) is 5.44. The van der Waals surface area contributed by atoms with E-state index in [0.29, 0.717) is 0 Å². The van der Waals surface area contributed by atoms with E-state index in [0.717, 1.165) is 6.54 Å². The lowest BCUT2D eigenvalue weighted by atomic mass is 10.1. The molecule has 0 fully saturated rings. The average molecular weight is 208 g/mol. The monoisotopic (exact) mass is 208 g/mol. The molecule has 3 rings (SSSR count). The summed E-state index contributed by atoms with van der Waals surface area (Å²) in [7, 11) is 0. The SMILES string of the molecule is C=CC[NH+]1c2ccccc2-c2ccccc21. The third-order valence-corrected chi connectivity index (χ3v) is 3.14. The zero-order valence-electron chi connectivity index (χ0n) is 9.11. The quantitative estimate of drug-likeness (QED) is 0.724. The highest BCUT2D eigenvalue weighted by Gasteiger charge is 2.29. The molecule has 0 atom stereocenters. The van der Waals surface area contributed by atoms with Crippen molar-refractivity contribution in [1.29, 1.82) is 0 Å². The minimum atomic E-state index is 0.939. The maximum atomic E-state index is 3.85. The fourth-order valence-electron chi connectivity index (χ4n) is 2.47. The Morgan fingerprint density at radius 3 is 1.88 bits per heavy atom.